The van der Waals surface area contributed by atoms with Gasteiger partial charge in [-0.1, -0.05) is 0 Å². The van der Waals surface area contributed by atoms with Crippen LogP contribution in [0.15, 0.2) is 0 Å². The Morgan fingerprint density at radius 2 is 2.30 bits per heavy atom. The van der Waals surface area contributed by atoms with E-state index in [9.17, 15) is 13.6 Å². The molecule has 2 N–H and O–H groups in total. The van der Waals surface area contributed by atoms with Crippen LogP contribution in [-0.4, -0.2) is 39.2 Å². The zero-order valence-electron chi connectivity index (χ0n) is 11.0. The molecule has 1 saturated heterocycles. The largest absolute Gasteiger partial charge is 0.347 e. The summed E-state index contributed by atoms with van der Waals surface area (Å²) in [5.74, 6) is -1.57. The van der Waals surface area contributed by atoms with Gasteiger partial charge >= 0.3 is 0 Å². The topological polar surface area (TPSA) is 71.8 Å². The summed E-state index contributed by atoms with van der Waals surface area (Å²) < 4.78 is 28.0. The highest BCUT2D eigenvalue weighted by Gasteiger charge is 2.42. The van der Waals surface area contributed by atoms with Crippen molar-refractivity contribution >= 4 is 5.91 Å². The lowest BCUT2D eigenvalue weighted by Gasteiger charge is -2.15. The summed E-state index contributed by atoms with van der Waals surface area (Å²) in [6.45, 7) is 0.647. The maximum Gasteiger partial charge on any atom is 0.262 e. The van der Waals surface area contributed by atoms with Crippen LogP contribution in [-0.2, 0) is 24.3 Å². The number of amides is 1. The minimum Gasteiger partial charge on any atom is -0.347 e. The van der Waals surface area contributed by atoms with Crippen molar-refractivity contribution in [3.8, 4) is 0 Å². The molecule has 0 radical (unpaired) electrons. The predicted molar refractivity (Wildman–Crippen MR) is 66.2 cm³/mol. The van der Waals surface area contributed by atoms with Gasteiger partial charge in [-0.05, 0) is 12.8 Å². The van der Waals surface area contributed by atoms with Gasteiger partial charge in [0.15, 0.2) is 5.82 Å². The zero-order chi connectivity index (χ0) is 14.2. The van der Waals surface area contributed by atoms with Crippen molar-refractivity contribution in [2.75, 3.05) is 6.54 Å². The number of halogens is 2. The van der Waals surface area contributed by atoms with Crippen molar-refractivity contribution in [3.63, 3.8) is 0 Å². The summed E-state index contributed by atoms with van der Waals surface area (Å²) >= 11 is 0. The number of carbonyl (C=O) groups excluding carboxylic acids is 1. The summed E-state index contributed by atoms with van der Waals surface area (Å²) in [5, 5.41) is 13.3. The van der Waals surface area contributed by atoms with Crippen LogP contribution in [0.3, 0.4) is 0 Å². The molecule has 3 rings (SSSR count). The predicted octanol–water partition coefficient (Wildman–Crippen LogP) is 0.228. The molecular weight excluding hydrogens is 268 g/mol. The molecule has 1 fully saturated rings. The first-order chi connectivity index (χ1) is 9.55. The van der Waals surface area contributed by atoms with Gasteiger partial charge in [-0.3, -0.25) is 10.1 Å². The van der Waals surface area contributed by atoms with Gasteiger partial charge in [0.1, 0.15) is 5.82 Å². The maximum atomic E-state index is 13.0. The highest BCUT2D eigenvalue weighted by atomic mass is 19.3. The molecule has 2 aliphatic heterocycles. The molecule has 0 aliphatic carbocycles. The smallest absolute Gasteiger partial charge is 0.262 e. The first-order valence-electron chi connectivity index (χ1n) is 6.85. The molecule has 0 bridgehead atoms. The number of hydrogen-bond donors (Lipinski definition) is 2. The third-order valence-electron chi connectivity index (χ3n) is 3.78. The number of aromatic nitrogens is 3. The van der Waals surface area contributed by atoms with Gasteiger partial charge in [-0.2, -0.15) is 0 Å². The van der Waals surface area contributed by atoms with E-state index in [0.717, 1.165) is 31.6 Å². The van der Waals surface area contributed by atoms with Crippen molar-refractivity contribution in [1.29, 1.82) is 0 Å². The van der Waals surface area contributed by atoms with Gasteiger partial charge in [-0.25, -0.2) is 8.78 Å². The van der Waals surface area contributed by atoms with E-state index < -0.39 is 30.8 Å². The molecule has 1 aromatic rings. The average molecular weight is 285 g/mol. The fourth-order valence-corrected chi connectivity index (χ4v) is 2.69. The SMILES string of the molecule is O=C(NCc1nnc2n1CCCC2)C1CC(F)(F)CN1. The van der Waals surface area contributed by atoms with Crippen molar-refractivity contribution in [3.05, 3.63) is 11.6 Å². The molecule has 1 unspecified atom stereocenters. The molecule has 0 aromatic carbocycles. The highest BCUT2D eigenvalue weighted by molar-refractivity contribution is 5.82. The quantitative estimate of drug-likeness (QED) is 0.834. The molecule has 8 heteroatoms. The highest BCUT2D eigenvalue weighted by Crippen LogP contribution is 2.25. The molecule has 1 amide bonds. The van der Waals surface area contributed by atoms with Crippen LogP contribution in [0.5, 0.6) is 0 Å². The lowest BCUT2D eigenvalue weighted by molar-refractivity contribution is -0.123. The van der Waals surface area contributed by atoms with Crippen molar-refractivity contribution in [1.82, 2.24) is 25.4 Å². The van der Waals surface area contributed by atoms with Crippen LogP contribution in [0.1, 0.15) is 30.9 Å². The molecular formula is C12H17F2N5O. The van der Waals surface area contributed by atoms with Crippen molar-refractivity contribution in [2.24, 2.45) is 0 Å². The van der Waals surface area contributed by atoms with Gasteiger partial charge in [0.05, 0.1) is 19.1 Å². The van der Waals surface area contributed by atoms with E-state index in [1.165, 1.54) is 0 Å². The standard InChI is InChI=1S/C12H17F2N5O/c13-12(14)5-8(16-7-12)11(20)15-6-10-18-17-9-3-1-2-4-19(9)10/h8,16H,1-7H2,(H,15,20). The second-order valence-electron chi connectivity index (χ2n) is 5.35. The second kappa shape index (κ2) is 5.08. The summed E-state index contributed by atoms with van der Waals surface area (Å²) in [4.78, 5) is 11.8. The Balaban J connectivity index is 1.57. The zero-order valence-corrected chi connectivity index (χ0v) is 11.0. The molecule has 1 aromatic heterocycles. The number of nitrogens with zero attached hydrogens (tertiary/aromatic N) is 3. The lowest BCUT2D eigenvalue weighted by atomic mass is 10.1. The molecule has 2 aliphatic rings. The Labute approximate surface area is 114 Å². The fraction of sp³-hybridized carbons (Fsp3) is 0.750. The number of alkyl halides is 2. The van der Waals surface area contributed by atoms with E-state index in [4.69, 9.17) is 0 Å². The van der Waals surface area contributed by atoms with Gasteiger partial charge in [0.2, 0.25) is 5.91 Å². The molecule has 0 spiro atoms. The van der Waals surface area contributed by atoms with Crippen LogP contribution in [0.2, 0.25) is 0 Å². The minimum absolute atomic E-state index is 0.232. The van der Waals surface area contributed by atoms with Crippen LogP contribution in [0.4, 0.5) is 8.78 Å². The van der Waals surface area contributed by atoms with E-state index >= 15 is 0 Å². The minimum atomic E-state index is -2.80. The normalized spacial score (nSPS) is 24.4. The van der Waals surface area contributed by atoms with Crippen molar-refractivity contribution in [2.45, 2.75) is 50.7 Å². The Bertz CT molecular complexity index is 516. The van der Waals surface area contributed by atoms with Crippen molar-refractivity contribution < 1.29 is 13.6 Å². The van der Waals surface area contributed by atoms with Crippen LogP contribution >= 0.6 is 0 Å². The van der Waals surface area contributed by atoms with E-state index in [1.807, 2.05) is 4.57 Å². The lowest BCUT2D eigenvalue weighted by Crippen LogP contribution is -2.40. The van der Waals surface area contributed by atoms with Gasteiger partial charge in [0, 0.05) is 19.4 Å². The monoisotopic (exact) mass is 285 g/mol. The fourth-order valence-electron chi connectivity index (χ4n) is 2.69. The molecule has 110 valence electrons. The first kappa shape index (κ1) is 13.4. The average Bonchev–Trinajstić information content (AvgIpc) is 2.99. The molecule has 20 heavy (non-hydrogen) atoms. The maximum absolute atomic E-state index is 13.0. The van der Waals surface area contributed by atoms with E-state index in [1.54, 1.807) is 0 Å². The third-order valence-corrected chi connectivity index (χ3v) is 3.78. The summed E-state index contributed by atoms with van der Waals surface area (Å²) in [6, 6.07) is -0.825. The number of hydrogen-bond acceptors (Lipinski definition) is 4. The molecule has 0 saturated carbocycles. The van der Waals surface area contributed by atoms with Crippen LogP contribution < -0.4 is 10.6 Å². The van der Waals surface area contributed by atoms with E-state index in [2.05, 4.69) is 20.8 Å². The number of aryl methyl sites for hydroxylation is 1. The van der Waals surface area contributed by atoms with Gasteiger partial charge in [0.25, 0.3) is 5.92 Å². The number of nitrogens with one attached hydrogen (secondary N) is 2. The third kappa shape index (κ3) is 2.65. The number of fused-ring (bicyclic) bond motifs is 1. The summed E-state index contributed by atoms with van der Waals surface area (Å²) in [6.07, 6.45) is 2.63. The van der Waals surface area contributed by atoms with E-state index in [-0.39, 0.29) is 6.54 Å². The second-order valence-corrected chi connectivity index (χ2v) is 5.35. The van der Waals surface area contributed by atoms with Gasteiger partial charge in [-0.15, -0.1) is 10.2 Å². The van der Waals surface area contributed by atoms with Gasteiger partial charge < -0.3 is 9.88 Å². The van der Waals surface area contributed by atoms with Crippen LogP contribution in [0.25, 0.3) is 0 Å². The summed E-state index contributed by atoms with van der Waals surface area (Å²) in [5.41, 5.74) is 0. The molecule has 1 atom stereocenters. The number of carbonyl (C=O) groups is 1. The van der Waals surface area contributed by atoms with Crippen LogP contribution in [0, 0.1) is 0 Å². The Morgan fingerprint density at radius 3 is 3.05 bits per heavy atom. The Morgan fingerprint density at radius 1 is 1.45 bits per heavy atom. The Kier molecular flexibility index (Phi) is 3.41. The van der Waals surface area contributed by atoms with E-state index in [0.29, 0.717) is 5.82 Å². The first-order valence-corrected chi connectivity index (χ1v) is 6.85. The Hall–Kier alpha value is -1.57. The molecule has 6 nitrogen and oxygen atoms in total. The number of rotatable bonds is 3. The molecule has 3 heterocycles. The summed E-state index contributed by atoms with van der Waals surface area (Å²) in [7, 11) is 0.